The van der Waals surface area contributed by atoms with Crippen LogP contribution in [0.4, 0.5) is 0 Å². The molecule has 0 aromatic heterocycles. The lowest BCUT2D eigenvalue weighted by Crippen LogP contribution is -2.21. The number of rotatable bonds is 2. The molecule has 0 saturated heterocycles. The minimum absolute atomic E-state index is 0.0256. The van der Waals surface area contributed by atoms with Crippen molar-refractivity contribution in [2.45, 2.75) is 38.0 Å². The molecule has 15 heavy (non-hydrogen) atoms. The maximum Gasteiger partial charge on any atom is 0.123 e. The van der Waals surface area contributed by atoms with Gasteiger partial charge in [0.2, 0.25) is 0 Å². The Hall–Kier alpha value is -1.18. The van der Waals surface area contributed by atoms with Crippen LogP contribution in [-0.4, -0.2) is 10.2 Å². The van der Waals surface area contributed by atoms with Gasteiger partial charge in [0.25, 0.3) is 0 Å². The molecule has 2 nitrogen and oxygen atoms in total. The van der Waals surface area contributed by atoms with Crippen LogP contribution in [0, 0.1) is 6.42 Å². The average Bonchev–Trinajstić information content (AvgIpc) is 2.67. The molecule has 1 radical (unpaired) electrons. The molecular formula is C13H17O2. The van der Waals surface area contributed by atoms with Crippen LogP contribution >= 0.6 is 0 Å². The van der Waals surface area contributed by atoms with Crippen molar-refractivity contribution in [2.24, 2.45) is 0 Å². The van der Waals surface area contributed by atoms with Crippen molar-refractivity contribution in [1.82, 2.24) is 0 Å². The normalized spacial score (nSPS) is 19.3. The lowest BCUT2D eigenvalue weighted by Gasteiger charge is -2.28. The molecule has 81 valence electrons. The molecule has 1 aromatic carbocycles. The fourth-order valence-corrected chi connectivity index (χ4v) is 2.60. The van der Waals surface area contributed by atoms with Crippen LogP contribution in [-0.2, 0) is 5.41 Å². The van der Waals surface area contributed by atoms with Gasteiger partial charge in [-0.15, -0.1) is 0 Å². The van der Waals surface area contributed by atoms with E-state index in [1.807, 2.05) is 6.07 Å². The van der Waals surface area contributed by atoms with Crippen LogP contribution in [0.3, 0.4) is 0 Å². The Morgan fingerprint density at radius 1 is 1.33 bits per heavy atom. The summed E-state index contributed by atoms with van der Waals surface area (Å²) in [6.07, 6.45) is 6.72. The van der Waals surface area contributed by atoms with Crippen molar-refractivity contribution in [2.75, 3.05) is 0 Å². The molecule has 2 heteroatoms. The first-order chi connectivity index (χ1) is 7.18. The standard InChI is InChI=1S/C13H17O2/c1-2-13(7-3-4-8-13)11-6-5-10(14)9-12(11)15/h5-7,9,14-15H,2-4,8H2,1H3. The molecule has 1 aliphatic carbocycles. The summed E-state index contributed by atoms with van der Waals surface area (Å²) in [6, 6.07) is 4.92. The summed E-state index contributed by atoms with van der Waals surface area (Å²) < 4.78 is 0. The SMILES string of the molecule is CCC1(c2ccc(O)cc2O)[CH]CCC1. The van der Waals surface area contributed by atoms with Gasteiger partial charge >= 0.3 is 0 Å². The van der Waals surface area contributed by atoms with E-state index in [9.17, 15) is 10.2 Å². The molecule has 0 spiro atoms. The van der Waals surface area contributed by atoms with E-state index in [2.05, 4.69) is 13.3 Å². The largest absolute Gasteiger partial charge is 0.508 e. The Morgan fingerprint density at radius 2 is 2.13 bits per heavy atom. The molecular weight excluding hydrogens is 188 g/mol. The molecule has 1 atom stereocenters. The van der Waals surface area contributed by atoms with Gasteiger partial charge in [0.15, 0.2) is 0 Å². The number of benzene rings is 1. The zero-order chi connectivity index (χ0) is 10.9. The molecule has 1 saturated carbocycles. The first-order valence-electron chi connectivity index (χ1n) is 5.55. The van der Waals surface area contributed by atoms with E-state index < -0.39 is 0 Å². The minimum Gasteiger partial charge on any atom is -0.508 e. The van der Waals surface area contributed by atoms with Crippen LogP contribution in [0.1, 0.15) is 38.2 Å². The third-order valence-electron chi connectivity index (χ3n) is 3.51. The molecule has 0 bridgehead atoms. The minimum atomic E-state index is 0.0256. The summed E-state index contributed by atoms with van der Waals surface area (Å²) in [5.74, 6) is 0.343. The highest BCUT2D eigenvalue weighted by Gasteiger charge is 2.35. The van der Waals surface area contributed by atoms with E-state index in [1.165, 1.54) is 12.5 Å². The number of hydrogen-bond donors (Lipinski definition) is 2. The van der Waals surface area contributed by atoms with Crippen molar-refractivity contribution in [3.8, 4) is 11.5 Å². The van der Waals surface area contributed by atoms with Gasteiger partial charge in [-0.2, -0.15) is 0 Å². The molecule has 2 N–H and O–H groups in total. The van der Waals surface area contributed by atoms with Gasteiger partial charge in [0.1, 0.15) is 11.5 Å². The van der Waals surface area contributed by atoms with Crippen LogP contribution in [0.5, 0.6) is 11.5 Å². The Balaban J connectivity index is 2.42. The van der Waals surface area contributed by atoms with Crippen molar-refractivity contribution < 1.29 is 10.2 Å². The second kappa shape index (κ2) is 3.76. The van der Waals surface area contributed by atoms with Crippen molar-refractivity contribution >= 4 is 0 Å². The molecule has 2 rings (SSSR count). The monoisotopic (exact) mass is 205 g/mol. The molecule has 0 aliphatic heterocycles. The fraction of sp³-hybridized carbons (Fsp3) is 0.462. The molecule has 0 amide bonds. The van der Waals surface area contributed by atoms with E-state index >= 15 is 0 Å². The third kappa shape index (κ3) is 1.69. The summed E-state index contributed by atoms with van der Waals surface area (Å²) in [7, 11) is 0. The first-order valence-corrected chi connectivity index (χ1v) is 5.55. The Labute approximate surface area is 90.6 Å². The van der Waals surface area contributed by atoms with Gasteiger partial charge < -0.3 is 10.2 Å². The van der Waals surface area contributed by atoms with E-state index in [0.29, 0.717) is 0 Å². The predicted octanol–water partition coefficient (Wildman–Crippen LogP) is 3.13. The van der Waals surface area contributed by atoms with E-state index in [-0.39, 0.29) is 16.9 Å². The highest BCUT2D eigenvalue weighted by atomic mass is 16.3. The van der Waals surface area contributed by atoms with Gasteiger partial charge in [-0.05, 0) is 31.7 Å². The van der Waals surface area contributed by atoms with Crippen molar-refractivity contribution in [3.05, 3.63) is 30.2 Å². The summed E-state index contributed by atoms with van der Waals surface area (Å²) in [4.78, 5) is 0. The van der Waals surface area contributed by atoms with Gasteiger partial charge in [0.05, 0.1) is 0 Å². The Morgan fingerprint density at radius 3 is 2.67 bits per heavy atom. The molecule has 1 aliphatic rings. The van der Waals surface area contributed by atoms with Crippen molar-refractivity contribution in [1.29, 1.82) is 0 Å². The van der Waals surface area contributed by atoms with Gasteiger partial charge in [-0.1, -0.05) is 19.4 Å². The van der Waals surface area contributed by atoms with E-state index in [0.717, 1.165) is 24.8 Å². The topological polar surface area (TPSA) is 40.5 Å². The lowest BCUT2D eigenvalue weighted by atomic mass is 9.76. The average molecular weight is 205 g/mol. The molecule has 1 fully saturated rings. The third-order valence-corrected chi connectivity index (χ3v) is 3.51. The number of phenols is 2. The number of aromatic hydroxyl groups is 2. The Bertz CT molecular complexity index is 352. The predicted molar refractivity (Wildman–Crippen MR) is 59.9 cm³/mol. The number of hydrogen-bond acceptors (Lipinski definition) is 2. The highest BCUT2D eigenvalue weighted by Crippen LogP contribution is 2.46. The lowest BCUT2D eigenvalue weighted by molar-refractivity contribution is 0.415. The fourth-order valence-electron chi connectivity index (χ4n) is 2.60. The quantitative estimate of drug-likeness (QED) is 0.778. The molecule has 0 heterocycles. The van der Waals surface area contributed by atoms with E-state index in [4.69, 9.17) is 0 Å². The summed E-state index contributed by atoms with van der Waals surface area (Å²) in [6.45, 7) is 2.15. The second-order valence-corrected chi connectivity index (χ2v) is 4.31. The zero-order valence-corrected chi connectivity index (χ0v) is 9.03. The molecule has 1 aromatic rings. The second-order valence-electron chi connectivity index (χ2n) is 4.31. The first kappa shape index (κ1) is 10.3. The highest BCUT2D eigenvalue weighted by molar-refractivity contribution is 5.45. The van der Waals surface area contributed by atoms with Gasteiger partial charge in [-0.25, -0.2) is 0 Å². The zero-order valence-electron chi connectivity index (χ0n) is 9.03. The summed E-state index contributed by atoms with van der Waals surface area (Å²) in [5, 5.41) is 19.1. The summed E-state index contributed by atoms with van der Waals surface area (Å²) >= 11 is 0. The number of phenolic OH excluding ortho intramolecular Hbond substituents is 2. The van der Waals surface area contributed by atoms with Gasteiger partial charge in [0, 0.05) is 17.0 Å². The summed E-state index contributed by atoms with van der Waals surface area (Å²) in [5.41, 5.74) is 0.984. The van der Waals surface area contributed by atoms with E-state index in [1.54, 1.807) is 6.07 Å². The maximum atomic E-state index is 9.87. The van der Waals surface area contributed by atoms with Crippen LogP contribution < -0.4 is 0 Å². The maximum absolute atomic E-state index is 9.87. The Kier molecular flexibility index (Phi) is 2.59. The van der Waals surface area contributed by atoms with Crippen LogP contribution in [0.2, 0.25) is 0 Å². The van der Waals surface area contributed by atoms with Crippen molar-refractivity contribution in [3.63, 3.8) is 0 Å². The van der Waals surface area contributed by atoms with Crippen LogP contribution in [0.25, 0.3) is 0 Å². The van der Waals surface area contributed by atoms with Crippen LogP contribution in [0.15, 0.2) is 18.2 Å². The smallest absolute Gasteiger partial charge is 0.123 e. The molecule has 1 unspecified atom stereocenters. The van der Waals surface area contributed by atoms with Gasteiger partial charge in [-0.3, -0.25) is 0 Å².